The molecule has 6 rings (SSSR count). The Morgan fingerprint density at radius 1 is 0.688 bits per heavy atom. The van der Waals surface area contributed by atoms with Crippen LogP contribution in [0.3, 0.4) is 0 Å². The fourth-order valence-electron chi connectivity index (χ4n) is 4.42. The van der Waals surface area contributed by atoms with Gasteiger partial charge in [-0.05, 0) is 56.1 Å². The molecule has 0 spiro atoms. The number of nitrogens with zero attached hydrogens (tertiary/aromatic N) is 1. The van der Waals surface area contributed by atoms with E-state index in [9.17, 15) is 0 Å². The van der Waals surface area contributed by atoms with Crippen molar-refractivity contribution in [1.29, 1.82) is 0 Å². The Morgan fingerprint density at radius 2 is 1.34 bits per heavy atom. The van der Waals surface area contributed by atoms with Gasteiger partial charge >= 0.3 is 7.12 Å². The second-order valence-electron chi connectivity index (χ2n) is 9.50. The van der Waals surface area contributed by atoms with Crippen molar-refractivity contribution >= 4 is 45.2 Å². The van der Waals surface area contributed by atoms with Crippen molar-refractivity contribution in [2.75, 3.05) is 0 Å². The van der Waals surface area contributed by atoms with Crippen molar-refractivity contribution < 1.29 is 13.7 Å². The molecule has 0 amide bonds. The Balaban J connectivity index is 1.59. The van der Waals surface area contributed by atoms with E-state index in [-0.39, 0.29) is 11.2 Å². The zero-order valence-corrected chi connectivity index (χ0v) is 18.7. The number of aromatic nitrogens is 1. The van der Waals surface area contributed by atoms with Crippen LogP contribution in [0.1, 0.15) is 27.7 Å². The SMILES string of the molecule is CC1(C)OB(c2ccc3c(c2)c2ccccc2c2oc(-c4ccccc4)nc32)OC1(C)C. The van der Waals surface area contributed by atoms with Crippen LogP contribution in [0.4, 0.5) is 0 Å². The van der Waals surface area contributed by atoms with Crippen LogP contribution in [0, 0.1) is 0 Å². The quantitative estimate of drug-likeness (QED) is 0.255. The van der Waals surface area contributed by atoms with Gasteiger partial charge in [0.15, 0.2) is 5.58 Å². The first-order chi connectivity index (χ1) is 15.3. The minimum Gasteiger partial charge on any atom is -0.435 e. The molecular weight excluding hydrogens is 397 g/mol. The Bertz CT molecular complexity index is 1470. The predicted molar refractivity (Wildman–Crippen MR) is 130 cm³/mol. The maximum Gasteiger partial charge on any atom is 0.494 e. The van der Waals surface area contributed by atoms with Crippen LogP contribution in [0.2, 0.25) is 0 Å². The van der Waals surface area contributed by atoms with Crippen LogP contribution in [-0.4, -0.2) is 23.3 Å². The molecule has 1 aliphatic rings. The van der Waals surface area contributed by atoms with Crippen molar-refractivity contribution in [3.63, 3.8) is 0 Å². The number of hydrogen-bond donors (Lipinski definition) is 0. The van der Waals surface area contributed by atoms with Gasteiger partial charge in [0.2, 0.25) is 5.89 Å². The highest BCUT2D eigenvalue weighted by molar-refractivity contribution is 6.62. The molecule has 158 valence electrons. The highest BCUT2D eigenvalue weighted by Crippen LogP contribution is 2.39. The largest absolute Gasteiger partial charge is 0.494 e. The summed E-state index contributed by atoms with van der Waals surface area (Å²) in [5.41, 5.74) is 2.90. The van der Waals surface area contributed by atoms with Gasteiger partial charge in [-0.2, -0.15) is 0 Å². The average molecular weight is 421 g/mol. The van der Waals surface area contributed by atoms with E-state index < -0.39 is 7.12 Å². The Kier molecular flexibility index (Phi) is 4.08. The monoisotopic (exact) mass is 421 g/mol. The first-order valence-corrected chi connectivity index (χ1v) is 11.0. The molecule has 2 heterocycles. The Morgan fingerprint density at radius 3 is 2.06 bits per heavy atom. The summed E-state index contributed by atoms with van der Waals surface area (Å²) in [6.07, 6.45) is 0. The van der Waals surface area contributed by atoms with Crippen molar-refractivity contribution in [3.8, 4) is 11.5 Å². The number of oxazole rings is 1. The van der Waals surface area contributed by atoms with Crippen LogP contribution < -0.4 is 5.46 Å². The van der Waals surface area contributed by atoms with Gasteiger partial charge in [-0.1, -0.05) is 60.7 Å². The highest BCUT2D eigenvalue weighted by atomic mass is 16.7. The predicted octanol–water partition coefficient (Wildman–Crippen LogP) is 6.10. The molecule has 1 saturated heterocycles. The molecule has 1 aromatic heterocycles. The summed E-state index contributed by atoms with van der Waals surface area (Å²) in [6.45, 7) is 8.31. The molecule has 0 saturated carbocycles. The van der Waals surface area contributed by atoms with Gasteiger partial charge in [0.1, 0.15) is 5.52 Å². The second kappa shape index (κ2) is 6.68. The second-order valence-corrected chi connectivity index (χ2v) is 9.50. The number of hydrogen-bond acceptors (Lipinski definition) is 4. The van der Waals surface area contributed by atoms with Gasteiger partial charge < -0.3 is 13.7 Å². The van der Waals surface area contributed by atoms with E-state index in [1.54, 1.807) is 0 Å². The Labute approximate surface area is 187 Å². The van der Waals surface area contributed by atoms with Crippen LogP contribution in [-0.2, 0) is 9.31 Å². The topological polar surface area (TPSA) is 44.5 Å². The lowest BCUT2D eigenvalue weighted by molar-refractivity contribution is 0.00578. The minimum absolute atomic E-state index is 0.380. The molecular formula is C27H24BNO3. The fourth-order valence-corrected chi connectivity index (χ4v) is 4.42. The number of rotatable bonds is 2. The Hall–Kier alpha value is -3.15. The maximum absolute atomic E-state index is 6.30. The van der Waals surface area contributed by atoms with E-state index in [1.807, 2.05) is 36.4 Å². The smallest absolute Gasteiger partial charge is 0.435 e. The van der Waals surface area contributed by atoms with Crippen LogP contribution in [0.15, 0.2) is 77.2 Å². The summed E-state index contributed by atoms with van der Waals surface area (Å²) in [7, 11) is -0.406. The van der Waals surface area contributed by atoms with Gasteiger partial charge in [-0.15, -0.1) is 0 Å². The van der Waals surface area contributed by atoms with Crippen LogP contribution in [0.25, 0.3) is 44.1 Å². The molecule has 0 bridgehead atoms. The molecule has 5 heteroatoms. The molecule has 0 N–H and O–H groups in total. The minimum atomic E-state index is -0.406. The lowest BCUT2D eigenvalue weighted by atomic mass is 9.78. The number of benzene rings is 4. The zero-order chi connectivity index (χ0) is 22.1. The van der Waals surface area contributed by atoms with Gasteiger partial charge in [0.25, 0.3) is 0 Å². The van der Waals surface area contributed by atoms with Crippen molar-refractivity contribution in [2.45, 2.75) is 38.9 Å². The third kappa shape index (κ3) is 2.82. The van der Waals surface area contributed by atoms with Crippen molar-refractivity contribution in [2.24, 2.45) is 0 Å². The molecule has 0 unspecified atom stereocenters. The van der Waals surface area contributed by atoms with E-state index in [1.165, 1.54) is 0 Å². The average Bonchev–Trinajstić information content (AvgIpc) is 3.33. The number of fused-ring (bicyclic) bond motifs is 6. The molecule has 32 heavy (non-hydrogen) atoms. The van der Waals surface area contributed by atoms with Crippen LogP contribution in [0.5, 0.6) is 0 Å². The maximum atomic E-state index is 6.30. The van der Waals surface area contributed by atoms with Gasteiger partial charge in [0, 0.05) is 16.3 Å². The normalized spacial score (nSPS) is 17.6. The molecule has 4 aromatic carbocycles. The summed E-state index contributed by atoms with van der Waals surface area (Å²) in [5, 5.41) is 4.36. The first-order valence-electron chi connectivity index (χ1n) is 11.0. The summed E-state index contributed by atoms with van der Waals surface area (Å²) in [5.74, 6) is 0.633. The van der Waals surface area contributed by atoms with E-state index in [0.29, 0.717) is 5.89 Å². The summed E-state index contributed by atoms with van der Waals surface area (Å²) in [4.78, 5) is 4.91. The fraction of sp³-hybridized carbons (Fsp3) is 0.222. The summed E-state index contributed by atoms with van der Waals surface area (Å²) < 4.78 is 18.9. The third-order valence-electron chi connectivity index (χ3n) is 6.93. The zero-order valence-electron chi connectivity index (χ0n) is 18.7. The van der Waals surface area contributed by atoms with E-state index in [0.717, 1.165) is 43.7 Å². The van der Waals surface area contributed by atoms with Gasteiger partial charge in [-0.25, -0.2) is 4.98 Å². The van der Waals surface area contributed by atoms with Gasteiger partial charge in [0.05, 0.1) is 11.2 Å². The lowest BCUT2D eigenvalue weighted by Crippen LogP contribution is -2.41. The standard InChI is InChI=1S/C27H24BNO3/c1-26(2)27(3,4)32-28(31-26)18-14-15-20-22(16-18)19-12-8-9-13-21(19)24-23(20)29-25(30-24)17-10-6-5-7-11-17/h5-16H,1-4H3. The van der Waals surface area contributed by atoms with Gasteiger partial charge in [-0.3, -0.25) is 0 Å². The van der Waals surface area contributed by atoms with E-state index in [4.69, 9.17) is 18.7 Å². The molecule has 5 aromatic rings. The molecule has 1 fully saturated rings. The molecule has 1 aliphatic heterocycles. The van der Waals surface area contributed by atoms with Crippen LogP contribution >= 0.6 is 0 Å². The van der Waals surface area contributed by atoms with Crippen molar-refractivity contribution in [3.05, 3.63) is 72.8 Å². The lowest BCUT2D eigenvalue weighted by Gasteiger charge is -2.32. The first kappa shape index (κ1) is 19.5. The summed E-state index contributed by atoms with van der Waals surface area (Å²) in [6, 6.07) is 24.7. The molecule has 0 aliphatic carbocycles. The molecule has 4 nitrogen and oxygen atoms in total. The highest BCUT2D eigenvalue weighted by Gasteiger charge is 2.51. The van der Waals surface area contributed by atoms with E-state index in [2.05, 4.69) is 64.1 Å². The molecule has 0 radical (unpaired) electrons. The summed E-state index contributed by atoms with van der Waals surface area (Å²) >= 11 is 0. The third-order valence-corrected chi connectivity index (χ3v) is 6.93. The van der Waals surface area contributed by atoms with E-state index >= 15 is 0 Å². The van der Waals surface area contributed by atoms with Crippen molar-refractivity contribution in [1.82, 2.24) is 4.98 Å². The molecule has 0 atom stereocenters.